The Morgan fingerprint density at radius 3 is 2.31 bits per heavy atom. The lowest BCUT2D eigenvalue weighted by molar-refractivity contribution is 0.0981. The van der Waals surface area contributed by atoms with Crippen LogP contribution in [0.1, 0.15) is 49.5 Å². The molecule has 0 fully saturated rings. The Kier molecular flexibility index (Phi) is 6.44. The molecule has 0 saturated heterocycles. The number of para-hydroxylation sites is 2. The number of carbonyl (C=O) groups is 1. The van der Waals surface area contributed by atoms with Gasteiger partial charge in [0.25, 0.3) is 11.5 Å². The Balaban J connectivity index is 1.62. The fourth-order valence-corrected chi connectivity index (χ4v) is 4.65. The fourth-order valence-electron chi connectivity index (χ4n) is 4.65. The number of hydrogen-bond donors (Lipinski definition) is 0. The van der Waals surface area contributed by atoms with Gasteiger partial charge in [-0.1, -0.05) is 56.5 Å². The van der Waals surface area contributed by atoms with Gasteiger partial charge >= 0.3 is 0 Å². The predicted octanol–water partition coefficient (Wildman–Crippen LogP) is 4.41. The molecular weight excluding hydrogens is 440 g/mol. The van der Waals surface area contributed by atoms with E-state index in [4.69, 9.17) is 9.97 Å². The van der Waals surface area contributed by atoms with Crippen LogP contribution in [0.2, 0.25) is 0 Å². The quantitative estimate of drug-likeness (QED) is 0.388. The Labute approximate surface area is 204 Å². The number of anilines is 2. The van der Waals surface area contributed by atoms with Crippen molar-refractivity contribution in [3.8, 4) is 0 Å². The van der Waals surface area contributed by atoms with Crippen molar-refractivity contribution in [2.24, 2.45) is 0 Å². The molecule has 2 aromatic heterocycles. The van der Waals surface area contributed by atoms with Gasteiger partial charge in [0.15, 0.2) is 17.3 Å². The number of unbranched alkanes of at least 4 members (excludes halogenated alkanes) is 3. The van der Waals surface area contributed by atoms with Gasteiger partial charge in [-0.2, -0.15) is 5.10 Å². The van der Waals surface area contributed by atoms with Crippen LogP contribution < -0.4 is 15.4 Å². The molecule has 0 aliphatic carbocycles. The maximum absolute atomic E-state index is 14.1. The van der Waals surface area contributed by atoms with E-state index in [-0.39, 0.29) is 17.2 Å². The first-order chi connectivity index (χ1) is 17.1. The Morgan fingerprint density at radius 1 is 0.886 bits per heavy atom. The number of hydrogen-bond acceptors (Lipinski definition) is 6. The monoisotopic (exact) mass is 470 g/mol. The minimum Gasteiger partial charge on any atom is -0.357 e. The molecule has 4 aromatic rings. The lowest BCUT2D eigenvalue weighted by Gasteiger charge is -2.23. The summed E-state index contributed by atoms with van der Waals surface area (Å²) in [6.07, 6.45) is 4.86. The van der Waals surface area contributed by atoms with Gasteiger partial charge in [-0.15, -0.1) is 0 Å². The highest BCUT2D eigenvalue weighted by Gasteiger charge is 2.30. The number of fused-ring (bicyclic) bond motifs is 3. The van der Waals surface area contributed by atoms with Crippen molar-refractivity contribution >= 4 is 39.3 Å². The van der Waals surface area contributed by atoms with Gasteiger partial charge in [0.2, 0.25) is 0 Å². The van der Waals surface area contributed by atoms with Crippen molar-refractivity contribution in [2.75, 3.05) is 29.9 Å². The van der Waals surface area contributed by atoms with E-state index >= 15 is 0 Å². The molecule has 0 unspecified atom stereocenters. The van der Waals surface area contributed by atoms with Crippen molar-refractivity contribution in [3.05, 3.63) is 64.6 Å². The van der Waals surface area contributed by atoms with Crippen LogP contribution in [0, 0.1) is 0 Å². The highest BCUT2D eigenvalue weighted by atomic mass is 16.2. The van der Waals surface area contributed by atoms with Crippen molar-refractivity contribution < 1.29 is 4.79 Å². The van der Waals surface area contributed by atoms with E-state index in [1.165, 1.54) is 4.68 Å². The summed E-state index contributed by atoms with van der Waals surface area (Å²) in [6.45, 7) is 3.90. The summed E-state index contributed by atoms with van der Waals surface area (Å²) in [5.41, 5.74) is 1.64. The minimum absolute atomic E-state index is 0.157. The van der Waals surface area contributed by atoms with E-state index < -0.39 is 0 Å². The van der Waals surface area contributed by atoms with E-state index in [2.05, 4.69) is 12.0 Å². The molecule has 0 atom stereocenters. The van der Waals surface area contributed by atoms with Crippen molar-refractivity contribution in [2.45, 2.75) is 45.6 Å². The second kappa shape index (κ2) is 9.82. The van der Waals surface area contributed by atoms with Gasteiger partial charge in [-0.25, -0.2) is 14.6 Å². The zero-order chi connectivity index (χ0) is 24.4. The number of carbonyl (C=O) groups excluding carboxylic acids is 1. The third kappa shape index (κ3) is 4.36. The van der Waals surface area contributed by atoms with E-state index in [1.807, 2.05) is 48.3 Å². The zero-order valence-corrected chi connectivity index (χ0v) is 20.3. The molecule has 5 rings (SSSR count). The molecule has 0 radical (unpaired) electrons. The lowest BCUT2D eigenvalue weighted by atomic mass is 10.1. The molecule has 0 N–H and O–H groups in total. The molecule has 1 aliphatic rings. The molecule has 1 aliphatic heterocycles. The highest BCUT2D eigenvalue weighted by molar-refractivity contribution is 6.13. The number of benzene rings is 2. The average Bonchev–Trinajstić information content (AvgIpc) is 3.04. The smallest absolute Gasteiger partial charge is 0.280 e. The summed E-state index contributed by atoms with van der Waals surface area (Å²) in [6, 6.07) is 14.9. The summed E-state index contributed by atoms with van der Waals surface area (Å²) in [5, 5.41) is 5.69. The second-order valence-electron chi connectivity index (χ2n) is 9.07. The largest absolute Gasteiger partial charge is 0.357 e. The van der Waals surface area contributed by atoms with Crippen LogP contribution >= 0.6 is 0 Å². The molecule has 35 heavy (non-hydrogen) atoms. The molecule has 0 spiro atoms. The van der Waals surface area contributed by atoms with Gasteiger partial charge in [-0.05, 0) is 31.0 Å². The van der Waals surface area contributed by atoms with E-state index in [9.17, 15) is 9.59 Å². The van der Waals surface area contributed by atoms with Crippen LogP contribution in [-0.2, 0) is 6.54 Å². The molecular formula is C27H30N6O2. The summed E-state index contributed by atoms with van der Waals surface area (Å²) >= 11 is 0. The van der Waals surface area contributed by atoms with Crippen LogP contribution in [0.4, 0.5) is 11.6 Å². The first-order valence-corrected chi connectivity index (χ1v) is 12.4. The summed E-state index contributed by atoms with van der Waals surface area (Å²) in [4.78, 5) is 40.6. The van der Waals surface area contributed by atoms with E-state index in [1.54, 1.807) is 17.0 Å². The molecule has 2 aromatic carbocycles. The Hall–Kier alpha value is -3.81. The third-order valence-corrected chi connectivity index (χ3v) is 6.57. The first kappa shape index (κ1) is 23.0. The topological polar surface area (TPSA) is 84.2 Å². The highest BCUT2D eigenvalue weighted by Crippen LogP contribution is 2.31. The zero-order valence-electron chi connectivity index (χ0n) is 20.3. The number of amides is 1. The van der Waals surface area contributed by atoms with E-state index in [0.29, 0.717) is 35.5 Å². The van der Waals surface area contributed by atoms with Crippen molar-refractivity contribution in [1.29, 1.82) is 0 Å². The van der Waals surface area contributed by atoms with Crippen molar-refractivity contribution in [3.63, 3.8) is 0 Å². The molecule has 8 heteroatoms. The normalized spacial score (nSPS) is 13.8. The van der Waals surface area contributed by atoms with Gasteiger partial charge in [0, 0.05) is 32.1 Å². The van der Waals surface area contributed by atoms with Gasteiger partial charge in [0.1, 0.15) is 0 Å². The van der Waals surface area contributed by atoms with Crippen LogP contribution in [0.15, 0.2) is 53.3 Å². The lowest BCUT2D eigenvalue weighted by Crippen LogP contribution is -2.35. The Morgan fingerprint density at radius 2 is 1.57 bits per heavy atom. The molecule has 8 nitrogen and oxygen atoms in total. The van der Waals surface area contributed by atoms with Crippen LogP contribution in [-0.4, -0.2) is 45.8 Å². The second-order valence-corrected chi connectivity index (χ2v) is 9.07. The predicted molar refractivity (Wildman–Crippen MR) is 139 cm³/mol. The van der Waals surface area contributed by atoms with Gasteiger partial charge in [-0.3, -0.25) is 14.5 Å². The average molecular weight is 471 g/mol. The summed E-state index contributed by atoms with van der Waals surface area (Å²) in [7, 11) is 1.97. The number of aryl methyl sites for hydroxylation is 1. The number of rotatable bonds is 6. The molecule has 1 amide bonds. The van der Waals surface area contributed by atoms with Crippen LogP contribution in [0.25, 0.3) is 21.8 Å². The first-order valence-electron chi connectivity index (χ1n) is 12.4. The number of nitrogens with zero attached hydrogens (tertiary/aromatic N) is 6. The Bertz CT molecular complexity index is 1450. The fraction of sp³-hybridized carbons (Fsp3) is 0.370. The van der Waals surface area contributed by atoms with Crippen LogP contribution in [0.5, 0.6) is 0 Å². The SMILES string of the molecule is CCCCCCn1nc(C(=O)N2CCCN(C)c3nc4ccccc4nc32)c2ccccc2c1=O. The summed E-state index contributed by atoms with van der Waals surface area (Å²) < 4.78 is 1.46. The standard InChI is InChI=1S/C27H30N6O2/c1-3-4-5-10-18-33-26(34)20-13-7-6-12-19(20)23(30-33)27(35)32-17-11-16-31(2)24-25(32)29-22-15-9-8-14-21(22)28-24/h6-9,12-15H,3-5,10-11,16-18H2,1-2H3. The van der Waals surface area contributed by atoms with E-state index in [0.717, 1.165) is 49.7 Å². The van der Waals surface area contributed by atoms with Crippen molar-refractivity contribution in [1.82, 2.24) is 19.7 Å². The molecule has 3 heterocycles. The maximum Gasteiger partial charge on any atom is 0.280 e. The number of aromatic nitrogens is 4. The maximum atomic E-state index is 14.1. The molecule has 180 valence electrons. The van der Waals surface area contributed by atoms with Crippen LogP contribution in [0.3, 0.4) is 0 Å². The summed E-state index contributed by atoms with van der Waals surface area (Å²) in [5.74, 6) is 0.941. The molecule has 0 saturated carbocycles. The van der Waals surface area contributed by atoms with Gasteiger partial charge < -0.3 is 4.90 Å². The third-order valence-electron chi connectivity index (χ3n) is 6.57. The molecule has 0 bridgehead atoms. The van der Waals surface area contributed by atoms with Gasteiger partial charge in [0.05, 0.1) is 16.4 Å². The minimum atomic E-state index is -0.260.